The molecule has 1 aromatic carbocycles. The third-order valence-corrected chi connectivity index (χ3v) is 5.86. The van der Waals surface area contributed by atoms with Crippen molar-refractivity contribution in [3.8, 4) is 11.1 Å². The minimum absolute atomic E-state index is 0.0629. The number of Topliss-reactive ketones (excluding diaryl/α,β-unsaturated/α-hetero) is 1. The first kappa shape index (κ1) is 17.9. The van der Waals surface area contributed by atoms with Gasteiger partial charge in [-0.05, 0) is 36.0 Å². The van der Waals surface area contributed by atoms with Gasteiger partial charge in [-0.3, -0.25) is 9.78 Å². The van der Waals surface area contributed by atoms with Crippen LogP contribution in [0.1, 0.15) is 44.0 Å². The van der Waals surface area contributed by atoms with Crippen molar-refractivity contribution in [2.45, 2.75) is 39.7 Å². The normalized spacial score (nSPS) is 20.1. The number of rotatable bonds is 2. The van der Waals surface area contributed by atoms with Crippen molar-refractivity contribution in [2.24, 2.45) is 5.41 Å². The second-order valence-corrected chi connectivity index (χ2v) is 8.77. The van der Waals surface area contributed by atoms with Crippen LogP contribution in [0.3, 0.4) is 0 Å². The number of hydrogen-bond donors (Lipinski definition) is 1. The van der Waals surface area contributed by atoms with Gasteiger partial charge < -0.3 is 5.32 Å². The number of ketones is 1. The first-order valence-electron chi connectivity index (χ1n) is 10.0. The summed E-state index contributed by atoms with van der Waals surface area (Å²) < 4.78 is 1.98. The summed E-state index contributed by atoms with van der Waals surface area (Å²) >= 11 is 0. The van der Waals surface area contributed by atoms with Crippen LogP contribution in [0.25, 0.3) is 11.1 Å². The van der Waals surface area contributed by atoms with Crippen LogP contribution < -0.4 is 5.32 Å². The van der Waals surface area contributed by atoms with Gasteiger partial charge in [-0.25, -0.2) is 4.68 Å². The highest BCUT2D eigenvalue weighted by atomic mass is 16.1. The van der Waals surface area contributed by atoms with Crippen LogP contribution in [0.15, 0.2) is 66.1 Å². The number of aromatic nitrogens is 3. The van der Waals surface area contributed by atoms with E-state index >= 15 is 0 Å². The second-order valence-electron chi connectivity index (χ2n) is 8.77. The third-order valence-electron chi connectivity index (χ3n) is 5.86. The van der Waals surface area contributed by atoms with E-state index in [1.54, 1.807) is 6.20 Å². The zero-order valence-electron chi connectivity index (χ0n) is 16.9. The van der Waals surface area contributed by atoms with Crippen molar-refractivity contribution in [3.63, 3.8) is 0 Å². The molecular formula is C24H24N4O. The Morgan fingerprint density at radius 1 is 1.10 bits per heavy atom. The van der Waals surface area contributed by atoms with Gasteiger partial charge in [-0.15, -0.1) is 0 Å². The standard InChI is InChI=1S/C24H24N4O/c1-15-20(16-8-5-4-6-9-16)23-26-18-12-24(2,3)13-19(29)21(18)22(28(23)27-15)17-10-7-11-25-14-17/h4-11,14,22,26H,12-13H2,1-3H3/t22-/m0/s1. The third kappa shape index (κ3) is 2.89. The average Bonchev–Trinajstić information content (AvgIpc) is 3.02. The molecule has 5 heteroatoms. The minimum Gasteiger partial charge on any atom is -0.343 e. The van der Waals surface area contributed by atoms with Crippen LogP contribution in [-0.4, -0.2) is 20.5 Å². The van der Waals surface area contributed by atoms with Crippen LogP contribution in [0.5, 0.6) is 0 Å². The number of benzene rings is 1. The predicted molar refractivity (Wildman–Crippen MR) is 113 cm³/mol. The summed E-state index contributed by atoms with van der Waals surface area (Å²) in [5.41, 5.74) is 5.91. The first-order valence-corrected chi connectivity index (χ1v) is 10.0. The maximum Gasteiger partial charge on any atom is 0.163 e. The van der Waals surface area contributed by atoms with Crippen molar-refractivity contribution < 1.29 is 4.79 Å². The number of carbonyl (C=O) groups excluding carboxylic acids is 1. The Balaban J connectivity index is 1.76. The number of nitrogens with one attached hydrogen (secondary N) is 1. The molecule has 3 aromatic rings. The number of carbonyl (C=O) groups is 1. The van der Waals surface area contributed by atoms with E-state index in [-0.39, 0.29) is 17.2 Å². The van der Waals surface area contributed by atoms with Gasteiger partial charge in [0.05, 0.1) is 5.69 Å². The highest BCUT2D eigenvalue weighted by Crippen LogP contribution is 2.48. The number of fused-ring (bicyclic) bond motifs is 1. The summed E-state index contributed by atoms with van der Waals surface area (Å²) in [4.78, 5) is 17.6. The van der Waals surface area contributed by atoms with Gasteiger partial charge in [-0.1, -0.05) is 50.2 Å². The molecular weight excluding hydrogens is 360 g/mol. The molecule has 0 radical (unpaired) electrons. The summed E-state index contributed by atoms with van der Waals surface area (Å²) in [5.74, 6) is 1.14. The van der Waals surface area contributed by atoms with Gasteiger partial charge in [0.1, 0.15) is 11.9 Å². The molecule has 1 atom stereocenters. The topological polar surface area (TPSA) is 59.8 Å². The van der Waals surface area contributed by atoms with Crippen molar-refractivity contribution in [2.75, 3.05) is 5.32 Å². The average molecular weight is 384 g/mol. The van der Waals surface area contributed by atoms with Crippen molar-refractivity contribution in [1.29, 1.82) is 0 Å². The molecule has 2 aliphatic rings. The van der Waals surface area contributed by atoms with Crippen LogP contribution in [-0.2, 0) is 4.79 Å². The summed E-state index contributed by atoms with van der Waals surface area (Å²) in [6.07, 6.45) is 4.99. The van der Waals surface area contributed by atoms with Crippen LogP contribution in [0, 0.1) is 12.3 Å². The van der Waals surface area contributed by atoms with Gasteiger partial charge in [-0.2, -0.15) is 5.10 Å². The molecule has 2 aromatic heterocycles. The Labute approximate surface area is 170 Å². The monoisotopic (exact) mass is 384 g/mol. The van der Waals surface area contributed by atoms with Gasteiger partial charge in [0.25, 0.3) is 0 Å². The molecule has 3 heterocycles. The van der Waals surface area contributed by atoms with Gasteiger partial charge >= 0.3 is 0 Å². The van der Waals surface area contributed by atoms with E-state index in [1.165, 1.54) is 0 Å². The highest BCUT2D eigenvalue weighted by Gasteiger charge is 2.42. The molecule has 0 saturated carbocycles. The smallest absolute Gasteiger partial charge is 0.163 e. The molecule has 0 amide bonds. The fraction of sp³-hybridized carbons (Fsp3) is 0.292. The van der Waals surface area contributed by atoms with Crippen molar-refractivity contribution >= 4 is 11.6 Å². The SMILES string of the molecule is Cc1nn2c(c1-c1ccccc1)NC1=C(C(=O)CC(C)(C)C1)[C@@H]2c1cccnc1. The zero-order valence-corrected chi connectivity index (χ0v) is 16.9. The molecule has 0 fully saturated rings. The Hall–Kier alpha value is -3.21. The number of nitrogens with zero attached hydrogens (tertiary/aromatic N) is 3. The Morgan fingerprint density at radius 2 is 1.90 bits per heavy atom. The quantitative estimate of drug-likeness (QED) is 0.682. The summed E-state index contributed by atoms with van der Waals surface area (Å²) in [5, 5.41) is 8.50. The van der Waals surface area contributed by atoms with E-state index in [4.69, 9.17) is 5.10 Å². The molecule has 0 unspecified atom stereocenters. The summed E-state index contributed by atoms with van der Waals surface area (Å²) in [6, 6.07) is 14.0. The Morgan fingerprint density at radius 3 is 2.62 bits per heavy atom. The number of anilines is 1. The fourth-order valence-corrected chi connectivity index (χ4v) is 4.68. The van der Waals surface area contributed by atoms with E-state index < -0.39 is 0 Å². The second kappa shape index (κ2) is 6.41. The Bertz CT molecular complexity index is 1130. The lowest BCUT2D eigenvalue weighted by atomic mass is 9.73. The molecule has 1 aliphatic carbocycles. The largest absolute Gasteiger partial charge is 0.343 e. The number of hydrogen-bond acceptors (Lipinski definition) is 4. The lowest BCUT2D eigenvalue weighted by molar-refractivity contribution is -0.118. The predicted octanol–water partition coefficient (Wildman–Crippen LogP) is 4.91. The van der Waals surface area contributed by atoms with E-state index in [1.807, 2.05) is 48.1 Å². The minimum atomic E-state index is -0.255. The zero-order chi connectivity index (χ0) is 20.2. The van der Waals surface area contributed by atoms with E-state index in [0.717, 1.165) is 45.9 Å². The van der Waals surface area contributed by atoms with Crippen LogP contribution in [0.2, 0.25) is 0 Å². The summed E-state index contributed by atoms with van der Waals surface area (Å²) in [7, 11) is 0. The molecule has 5 nitrogen and oxygen atoms in total. The first-order chi connectivity index (χ1) is 13.9. The molecule has 5 rings (SSSR count). The number of pyridine rings is 1. The van der Waals surface area contributed by atoms with Crippen LogP contribution >= 0.6 is 0 Å². The van der Waals surface area contributed by atoms with Gasteiger partial charge in [0.15, 0.2) is 5.78 Å². The maximum atomic E-state index is 13.2. The van der Waals surface area contributed by atoms with Crippen LogP contribution in [0.4, 0.5) is 5.82 Å². The molecule has 1 aliphatic heterocycles. The molecule has 0 saturated heterocycles. The molecule has 1 N–H and O–H groups in total. The van der Waals surface area contributed by atoms with Crippen molar-refractivity contribution in [1.82, 2.24) is 14.8 Å². The van der Waals surface area contributed by atoms with E-state index in [2.05, 4.69) is 36.3 Å². The highest BCUT2D eigenvalue weighted by molar-refractivity contribution is 6.00. The maximum absolute atomic E-state index is 13.2. The van der Waals surface area contributed by atoms with Crippen molar-refractivity contribution in [3.05, 3.63) is 77.4 Å². The molecule has 0 spiro atoms. The number of allylic oxidation sites excluding steroid dienone is 2. The Kier molecular flexibility index (Phi) is 3.95. The fourth-order valence-electron chi connectivity index (χ4n) is 4.68. The summed E-state index contributed by atoms with van der Waals surface area (Å²) in [6.45, 7) is 6.34. The van der Waals surface area contributed by atoms with Gasteiger partial charge in [0, 0.05) is 35.6 Å². The van der Waals surface area contributed by atoms with E-state index in [9.17, 15) is 4.79 Å². The lowest BCUT2D eigenvalue weighted by Crippen LogP contribution is -2.36. The molecule has 29 heavy (non-hydrogen) atoms. The van der Waals surface area contributed by atoms with Gasteiger partial charge in [0.2, 0.25) is 0 Å². The lowest BCUT2D eigenvalue weighted by Gasteiger charge is -2.39. The molecule has 0 bridgehead atoms. The number of aryl methyl sites for hydroxylation is 1. The molecule has 146 valence electrons. The van der Waals surface area contributed by atoms with E-state index in [0.29, 0.717) is 6.42 Å².